The maximum Gasteiger partial charge on any atom is 0.248 e. The molecule has 0 saturated carbocycles. The second kappa shape index (κ2) is 9.16. The molecular weight excluding hydrogens is 468 g/mol. The molecular formula is C21H28N4O6S2. The molecule has 1 aromatic carbocycles. The number of carbonyl (C=O) groups is 1. The molecule has 0 bridgehead atoms. The fourth-order valence-corrected chi connectivity index (χ4v) is 7.71. The highest BCUT2D eigenvalue weighted by Gasteiger charge is 2.36. The molecule has 3 heterocycles. The summed E-state index contributed by atoms with van der Waals surface area (Å²) < 4.78 is 59.3. The molecule has 1 atom stereocenters. The lowest BCUT2D eigenvalue weighted by Gasteiger charge is -2.31. The van der Waals surface area contributed by atoms with Crippen LogP contribution in [0.3, 0.4) is 0 Å². The first-order valence-corrected chi connectivity index (χ1v) is 13.8. The molecule has 12 heteroatoms. The molecule has 33 heavy (non-hydrogen) atoms. The zero-order chi connectivity index (χ0) is 23.8. The summed E-state index contributed by atoms with van der Waals surface area (Å²) in [5.41, 5.74) is 0.758. The molecule has 2 aliphatic heterocycles. The van der Waals surface area contributed by atoms with E-state index in [0.29, 0.717) is 43.9 Å². The van der Waals surface area contributed by atoms with Crippen molar-refractivity contribution in [3.8, 4) is 0 Å². The molecule has 10 nitrogen and oxygen atoms in total. The van der Waals surface area contributed by atoms with Crippen LogP contribution in [0.2, 0.25) is 0 Å². The van der Waals surface area contributed by atoms with E-state index in [2.05, 4.69) is 10.5 Å². The second-order valence-corrected chi connectivity index (χ2v) is 12.3. The van der Waals surface area contributed by atoms with Crippen LogP contribution in [0.4, 0.5) is 5.69 Å². The summed E-state index contributed by atoms with van der Waals surface area (Å²) >= 11 is 0. The number of rotatable bonds is 6. The lowest BCUT2D eigenvalue weighted by molar-refractivity contribution is -0.120. The lowest BCUT2D eigenvalue weighted by Crippen LogP contribution is -2.43. The number of nitrogens with zero attached hydrogens (tertiary/aromatic N) is 3. The number of sulfonamides is 2. The van der Waals surface area contributed by atoms with Gasteiger partial charge in [-0.25, -0.2) is 16.8 Å². The third kappa shape index (κ3) is 4.70. The van der Waals surface area contributed by atoms with Crippen molar-refractivity contribution >= 4 is 31.6 Å². The van der Waals surface area contributed by atoms with Crippen molar-refractivity contribution in [2.24, 2.45) is 5.92 Å². The Labute approximate surface area is 194 Å². The Balaban J connectivity index is 1.43. The molecule has 1 aromatic heterocycles. The van der Waals surface area contributed by atoms with Gasteiger partial charge in [-0.2, -0.15) is 8.61 Å². The van der Waals surface area contributed by atoms with Crippen LogP contribution in [0.1, 0.15) is 37.1 Å². The fourth-order valence-electron chi connectivity index (χ4n) is 4.38. The van der Waals surface area contributed by atoms with Crippen LogP contribution in [0.15, 0.2) is 38.6 Å². The Bertz CT molecular complexity index is 1210. The predicted octanol–water partition coefficient (Wildman–Crippen LogP) is 2.12. The fraction of sp³-hybridized carbons (Fsp3) is 0.524. The van der Waals surface area contributed by atoms with E-state index in [4.69, 9.17) is 4.52 Å². The number of carbonyl (C=O) groups excluding carboxylic acids is 1. The van der Waals surface area contributed by atoms with Crippen molar-refractivity contribution in [3.63, 3.8) is 0 Å². The molecule has 1 amide bonds. The minimum Gasteiger partial charge on any atom is -0.360 e. The van der Waals surface area contributed by atoms with E-state index in [1.165, 1.54) is 20.7 Å². The Kier molecular flexibility index (Phi) is 6.63. The van der Waals surface area contributed by atoms with E-state index in [1.807, 2.05) is 0 Å². The molecule has 2 fully saturated rings. The maximum atomic E-state index is 13.1. The average molecular weight is 497 g/mol. The zero-order valence-corrected chi connectivity index (χ0v) is 20.3. The van der Waals surface area contributed by atoms with Gasteiger partial charge in [0.25, 0.3) is 0 Å². The first kappa shape index (κ1) is 23.9. The Morgan fingerprint density at radius 3 is 2.21 bits per heavy atom. The van der Waals surface area contributed by atoms with Gasteiger partial charge in [-0.1, -0.05) is 5.16 Å². The third-order valence-electron chi connectivity index (χ3n) is 6.15. The molecule has 180 valence electrons. The largest absolute Gasteiger partial charge is 0.360 e. The van der Waals surface area contributed by atoms with Gasteiger partial charge in [0.1, 0.15) is 10.6 Å². The number of benzene rings is 1. The van der Waals surface area contributed by atoms with Crippen molar-refractivity contribution in [2.45, 2.75) is 49.3 Å². The molecule has 1 unspecified atom stereocenters. The van der Waals surface area contributed by atoms with Gasteiger partial charge in [-0.05, 0) is 63.8 Å². The van der Waals surface area contributed by atoms with Gasteiger partial charge in [0.15, 0.2) is 5.76 Å². The summed E-state index contributed by atoms with van der Waals surface area (Å²) in [6.45, 7) is 4.55. The van der Waals surface area contributed by atoms with Crippen molar-refractivity contribution in [2.75, 3.05) is 31.5 Å². The van der Waals surface area contributed by atoms with Crippen molar-refractivity contribution < 1.29 is 26.2 Å². The van der Waals surface area contributed by atoms with E-state index >= 15 is 0 Å². The Morgan fingerprint density at radius 2 is 1.61 bits per heavy atom. The Hall–Kier alpha value is -2.28. The van der Waals surface area contributed by atoms with Gasteiger partial charge in [0.05, 0.1) is 10.8 Å². The molecule has 2 saturated heterocycles. The van der Waals surface area contributed by atoms with E-state index in [9.17, 15) is 21.6 Å². The maximum absolute atomic E-state index is 13.1. The van der Waals surface area contributed by atoms with E-state index < -0.39 is 26.0 Å². The number of piperidine rings is 1. The third-order valence-corrected chi connectivity index (χ3v) is 10.2. The predicted molar refractivity (Wildman–Crippen MR) is 121 cm³/mol. The highest BCUT2D eigenvalue weighted by molar-refractivity contribution is 7.89. The number of hydrogen-bond donors (Lipinski definition) is 1. The monoisotopic (exact) mass is 496 g/mol. The molecule has 1 N–H and O–H groups in total. The smallest absolute Gasteiger partial charge is 0.248 e. The summed E-state index contributed by atoms with van der Waals surface area (Å²) in [6.07, 6.45) is 2.82. The number of aryl methyl sites for hydroxylation is 2. The normalized spacial score (nSPS) is 20.7. The van der Waals surface area contributed by atoms with Gasteiger partial charge < -0.3 is 9.84 Å². The Morgan fingerprint density at radius 1 is 0.970 bits per heavy atom. The molecule has 0 spiro atoms. The van der Waals surface area contributed by atoms with Gasteiger partial charge in [-0.3, -0.25) is 4.79 Å². The van der Waals surface area contributed by atoms with Crippen LogP contribution in [0.25, 0.3) is 0 Å². The quantitative estimate of drug-likeness (QED) is 0.648. The van der Waals surface area contributed by atoms with Crippen LogP contribution < -0.4 is 5.32 Å². The first-order chi connectivity index (χ1) is 15.6. The average Bonchev–Trinajstić information content (AvgIpc) is 3.45. The molecule has 0 radical (unpaired) electrons. The summed E-state index contributed by atoms with van der Waals surface area (Å²) in [5, 5.41) is 6.52. The number of hydrogen-bond acceptors (Lipinski definition) is 7. The minimum absolute atomic E-state index is 0.0540. The summed E-state index contributed by atoms with van der Waals surface area (Å²) in [5.74, 6) is -0.603. The number of nitrogens with one attached hydrogen (secondary N) is 1. The van der Waals surface area contributed by atoms with Gasteiger partial charge in [-0.15, -0.1) is 0 Å². The highest BCUT2D eigenvalue weighted by atomic mass is 32.2. The van der Waals surface area contributed by atoms with Gasteiger partial charge >= 0.3 is 0 Å². The first-order valence-electron chi connectivity index (χ1n) is 10.9. The number of aromatic nitrogens is 1. The van der Waals surface area contributed by atoms with E-state index in [1.54, 1.807) is 26.0 Å². The van der Waals surface area contributed by atoms with Crippen LogP contribution in [-0.4, -0.2) is 62.7 Å². The van der Waals surface area contributed by atoms with Crippen molar-refractivity contribution in [1.82, 2.24) is 13.8 Å². The molecule has 2 aromatic rings. The summed E-state index contributed by atoms with van der Waals surface area (Å²) in [4.78, 5) is 13.1. The second-order valence-electron chi connectivity index (χ2n) is 8.48. The zero-order valence-electron chi connectivity index (χ0n) is 18.7. The van der Waals surface area contributed by atoms with Crippen molar-refractivity contribution in [1.29, 1.82) is 0 Å². The van der Waals surface area contributed by atoms with Crippen LogP contribution in [0, 0.1) is 19.8 Å². The lowest BCUT2D eigenvalue weighted by atomic mass is 9.99. The molecule has 0 aliphatic carbocycles. The van der Waals surface area contributed by atoms with Crippen molar-refractivity contribution in [3.05, 3.63) is 35.7 Å². The molecule has 4 rings (SSSR count). The van der Waals surface area contributed by atoms with Gasteiger partial charge in [0, 0.05) is 31.9 Å². The van der Waals surface area contributed by atoms with Gasteiger partial charge in [0.2, 0.25) is 26.0 Å². The highest BCUT2D eigenvalue weighted by Crippen LogP contribution is 2.28. The van der Waals surface area contributed by atoms with Crippen LogP contribution in [-0.2, 0) is 24.8 Å². The standard InChI is InChI=1S/C21H28N4O6S2/c1-15-20(16(2)31-23-15)33(29,30)25-13-5-6-17(14-25)21(26)22-18-7-9-19(10-8-18)32(27,28)24-11-3-4-12-24/h7-10,17H,3-6,11-14H2,1-2H3,(H,22,26). The number of amides is 1. The van der Waals surface area contributed by atoms with Crippen LogP contribution in [0.5, 0.6) is 0 Å². The molecule has 2 aliphatic rings. The van der Waals surface area contributed by atoms with Crippen LogP contribution >= 0.6 is 0 Å². The number of anilines is 1. The van der Waals surface area contributed by atoms with E-state index in [0.717, 1.165) is 12.8 Å². The topological polar surface area (TPSA) is 130 Å². The summed E-state index contributed by atoms with van der Waals surface area (Å²) in [6, 6.07) is 6.08. The SMILES string of the molecule is Cc1noc(C)c1S(=O)(=O)N1CCCC(C(=O)Nc2ccc(S(=O)(=O)N3CCCC3)cc2)C1. The van der Waals surface area contributed by atoms with E-state index in [-0.39, 0.29) is 28.0 Å². The minimum atomic E-state index is -3.82. The summed E-state index contributed by atoms with van der Waals surface area (Å²) in [7, 11) is -7.35.